The Hall–Kier alpha value is -3.77. The standard InChI is InChI=1S/C23H32N4O9/c1-22(2,3)35-20(28)24-9-15-10-26(21(29)36-23(4,5)6)11-16(15)25-34-12-14-7-18-19(33-13-32-18)8-17(14)27(30)31/h7-8,15H,9-13H2,1-6H3,(H,24,28)/b25-16+. The van der Waals surface area contributed by atoms with Gasteiger partial charge >= 0.3 is 12.2 Å². The molecule has 1 N–H and O–H groups in total. The third-order valence-electron chi connectivity index (χ3n) is 4.98. The lowest BCUT2D eigenvalue weighted by molar-refractivity contribution is -0.386. The lowest BCUT2D eigenvalue weighted by atomic mass is 10.1. The normalized spacial score (nSPS) is 18.2. The highest BCUT2D eigenvalue weighted by Crippen LogP contribution is 2.38. The Bertz CT molecular complexity index is 1040. The van der Waals surface area contributed by atoms with Crippen LogP contribution < -0.4 is 14.8 Å². The van der Waals surface area contributed by atoms with Gasteiger partial charge < -0.3 is 34.0 Å². The molecule has 13 nitrogen and oxygen atoms in total. The Kier molecular flexibility index (Phi) is 7.80. The summed E-state index contributed by atoms with van der Waals surface area (Å²) < 4.78 is 21.2. The van der Waals surface area contributed by atoms with E-state index >= 15 is 0 Å². The first kappa shape index (κ1) is 26.8. The van der Waals surface area contributed by atoms with E-state index in [1.165, 1.54) is 17.0 Å². The lowest BCUT2D eigenvalue weighted by Crippen LogP contribution is -2.38. The van der Waals surface area contributed by atoms with Crippen molar-refractivity contribution in [1.82, 2.24) is 10.2 Å². The van der Waals surface area contributed by atoms with Crippen molar-refractivity contribution in [2.75, 3.05) is 26.4 Å². The van der Waals surface area contributed by atoms with Gasteiger partial charge in [0, 0.05) is 19.0 Å². The highest BCUT2D eigenvalue weighted by molar-refractivity contribution is 5.94. The van der Waals surface area contributed by atoms with Crippen molar-refractivity contribution in [3.05, 3.63) is 27.8 Å². The molecule has 1 fully saturated rings. The van der Waals surface area contributed by atoms with E-state index < -0.39 is 28.3 Å². The van der Waals surface area contributed by atoms with Crippen LogP contribution in [0.1, 0.15) is 47.1 Å². The molecule has 2 aliphatic rings. The van der Waals surface area contributed by atoms with Crippen LogP contribution in [-0.4, -0.2) is 65.4 Å². The summed E-state index contributed by atoms with van der Waals surface area (Å²) in [6, 6.07) is 2.76. The third kappa shape index (κ3) is 7.36. The first-order valence-electron chi connectivity index (χ1n) is 11.4. The van der Waals surface area contributed by atoms with Crippen LogP contribution in [0.2, 0.25) is 0 Å². The Labute approximate surface area is 208 Å². The molecule has 2 heterocycles. The number of nitrogens with zero attached hydrogens (tertiary/aromatic N) is 3. The molecule has 198 valence electrons. The number of hydrogen-bond acceptors (Lipinski definition) is 10. The Morgan fingerprint density at radius 1 is 1.14 bits per heavy atom. The fraction of sp³-hybridized carbons (Fsp3) is 0.609. The van der Waals surface area contributed by atoms with Crippen LogP contribution in [0.3, 0.4) is 0 Å². The van der Waals surface area contributed by atoms with Crippen LogP contribution in [0.4, 0.5) is 15.3 Å². The highest BCUT2D eigenvalue weighted by Gasteiger charge is 2.35. The number of nitro benzene ring substituents is 1. The van der Waals surface area contributed by atoms with Crippen LogP contribution in [0.25, 0.3) is 0 Å². The van der Waals surface area contributed by atoms with Crippen LogP contribution in [0, 0.1) is 16.0 Å². The molecular formula is C23H32N4O9. The zero-order valence-corrected chi connectivity index (χ0v) is 21.3. The largest absolute Gasteiger partial charge is 0.454 e. The number of hydrogen-bond donors (Lipinski definition) is 1. The van der Waals surface area contributed by atoms with Crippen molar-refractivity contribution in [3.63, 3.8) is 0 Å². The van der Waals surface area contributed by atoms with Gasteiger partial charge in [-0.05, 0) is 47.6 Å². The SMILES string of the molecule is CC(C)(C)OC(=O)NCC1CN(C(=O)OC(C)(C)C)C/C1=N\OCc1cc2c(cc1[N+](=O)[O-])OCO2. The van der Waals surface area contributed by atoms with E-state index in [0.29, 0.717) is 11.5 Å². The minimum atomic E-state index is -0.684. The summed E-state index contributed by atoms with van der Waals surface area (Å²) in [7, 11) is 0. The summed E-state index contributed by atoms with van der Waals surface area (Å²) in [4.78, 5) is 42.6. The predicted molar refractivity (Wildman–Crippen MR) is 127 cm³/mol. The van der Waals surface area contributed by atoms with Gasteiger partial charge in [-0.3, -0.25) is 10.1 Å². The molecule has 0 aromatic heterocycles. The van der Waals surface area contributed by atoms with Gasteiger partial charge in [0.1, 0.15) is 17.8 Å². The third-order valence-corrected chi connectivity index (χ3v) is 4.98. The van der Waals surface area contributed by atoms with Crippen LogP contribution in [0.5, 0.6) is 11.5 Å². The van der Waals surface area contributed by atoms with Gasteiger partial charge in [-0.15, -0.1) is 0 Å². The van der Waals surface area contributed by atoms with Gasteiger partial charge in [0.25, 0.3) is 5.69 Å². The van der Waals surface area contributed by atoms with Crippen LogP contribution in [-0.2, 0) is 20.9 Å². The molecule has 3 rings (SSSR count). The van der Waals surface area contributed by atoms with Crippen molar-refractivity contribution < 1.29 is 38.3 Å². The molecule has 1 aromatic carbocycles. The van der Waals surface area contributed by atoms with E-state index in [0.717, 1.165) is 0 Å². The van der Waals surface area contributed by atoms with Gasteiger partial charge in [0.15, 0.2) is 11.5 Å². The Morgan fingerprint density at radius 2 is 1.78 bits per heavy atom. The Morgan fingerprint density at radius 3 is 2.39 bits per heavy atom. The van der Waals surface area contributed by atoms with Crippen LogP contribution in [0.15, 0.2) is 17.3 Å². The molecule has 2 amide bonds. The number of oxime groups is 1. The van der Waals surface area contributed by atoms with Gasteiger partial charge in [0.05, 0.1) is 28.8 Å². The second kappa shape index (κ2) is 10.5. The molecule has 1 atom stereocenters. The zero-order valence-electron chi connectivity index (χ0n) is 21.3. The van der Waals surface area contributed by atoms with E-state index in [9.17, 15) is 19.7 Å². The number of fused-ring (bicyclic) bond motifs is 1. The molecule has 1 aromatic rings. The second-order valence-electron chi connectivity index (χ2n) is 10.4. The average Bonchev–Trinajstić information content (AvgIpc) is 3.35. The molecule has 13 heteroatoms. The van der Waals surface area contributed by atoms with Crippen LogP contribution >= 0.6 is 0 Å². The highest BCUT2D eigenvalue weighted by atomic mass is 16.7. The molecule has 0 radical (unpaired) electrons. The molecule has 2 aliphatic heterocycles. The number of benzene rings is 1. The number of amides is 2. The summed E-state index contributed by atoms with van der Waals surface area (Å²) in [5.41, 5.74) is -0.818. The fourth-order valence-electron chi connectivity index (χ4n) is 3.48. The van der Waals surface area contributed by atoms with Crippen molar-refractivity contribution in [2.45, 2.75) is 59.4 Å². The number of carbonyl (C=O) groups excluding carboxylic acids is 2. The molecule has 1 saturated heterocycles. The maximum atomic E-state index is 12.6. The zero-order chi connectivity index (χ0) is 26.7. The molecule has 36 heavy (non-hydrogen) atoms. The lowest BCUT2D eigenvalue weighted by Gasteiger charge is -2.24. The second-order valence-corrected chi connectivity index (χ2v) is 10.4. The molecule has 0 bridgehead atoms. The Balaban J connectivity index is 1.72. The number of rotatable bonds is 6. The number of carbonyl (C=O) groups is 2. The molecular weight excluding hydrogens is 476 g/mol. The predicted octanol–water partition coefficient (Wildman–Crippen LogP) is 3.59. The molecule has 1 unspecified atom stereocenters. The number of ether oxygens (including phenoxy) is 4. The minimum absolute atomic E-state index is 0.0219. The van der Waals surface area contributed by atoms with E-state index in [2.05, 4.69) is 10.5 Å². The summed E-state index contributed by atoms with van der Waals surface area (Å²) in [6.07, 6.45) is -1.13. The number of nitro groups is 1. The quantitative estimate of drug-likeness (QED) is 0.449. The number of alkyl carbamates (subject to hydrolysis) is 1. The summed E-state index contributed by atoms with van der Waals surface area (Å²) in [6.45, 7) is 10.8. The van der Waals surface area contributed by atoms with Gasteiger partial charge in [-0.2, -0.15) is 0 Å². The summed E-state index contributed by atoms with van der Waals surface area (Å²) in [5, 5.41) is 18.3. The topological polar surface area (TPSA) is 151 Å². The molecule has 0 aliphatic carbocycles. The summed E-state index contributed by atoms with van der Waals surface area (Å²) >= 11 is 0. The minimum Gasteiger partial charge on any atom is -0.454 e. The van der Waals surface area contributed by atoms with Gasteiger partial charge in [-0.25, -0.2) is 9.59 Å². The molecule has 0 spiro atoms. The maximum Gasteiger partial charge on any atom is 0.410 e. The van der Waals surface area contributed by atoms with Gasteiger partial charge in [-0.1, -0.05) is 5.16 Å². The number of nitrogens with one attached hydrogen (secondary N) is 1. The first-order chi connectivity index (χ1) is 16.7. The summed E-state index contributed by atoms with van der Waals surface area (Å²) in [5.74, 6) is 0.286. The van der Waals surface area contributed by atoms with Crippen molar-refractivity contribution in [2.24, 2.45) is 11.1 Å². The van der Waals surface area contributed by atoms with Crippen molar-refractivity contribution in [3.8, 4) is 11.5 Å². The first-order valence-corrected chi connectivity index (χ1v) is 11.4. The number of likely N-dealkylation sites (tertiary alicyclic amines) is 1. The smallest absolute Gasteiger partial charge is 0.410 e. The van der Waals surface area contributed by atoms with E-state index in [1.54, 1.807) is 41.5 Å². The van der Waals surface area contributed by atoms with Crippen molar-refractivity contribution in [1.29, 1.82) is 0 Å². The average molecular weight is 509 g/mol. The van der Waals surface area contributed by atoms with E-state index in [1.807, 2.05) is 0 Å². The monoisotopic (exact) mass is 508 g/mol. The van der Waals surface area contributed by atoms with E-state index in [-0.39, 0.29) is 56.0 Å². The van der Waals surface area contributed by atoms with E-state index in [4.69, 9.17) is 23.8 Å². The molecule has 0 saturated carbocycles. The van der Waals surface area contributed by atoms with Gasteiger partial charge in [0.2, 0.25) is 6.79 Å². The van der Waals surface area contributed by atoms with Crippen molar-refractivity contribution >= 4 is 23.6 Å². The fourth-order valence-corrected chi connectivity index (χ4v) is 3.48. The maximum absolute atomic E-state index is 12.6.